The van der Waals surface area contributed by atoms with Crippen LogP contribution in [-0.4, -0.2) is 79.4 Å². The maximum atomic E-state index is 12.8. The van der Waals surface area contributed by atoms with Crippen molar-refractivity contribution in [1.82, 2.24) is 14.7 Å². The summed E-state index contributed by atoms with van der Waals surface area (Å²) >= 11 is 0. The fourth-order valence-corrected chi connectivity index (χ4v) is 3.83. The molecule has 1 saturated heterocycles. The van der Waals surface area contributed by atoms with Crippen molar-refractivity contribution in [3.05, 3.63) is 59.7 Å². The van der Waals surface area contributed by atoms with E-state index in [4.69, 9.17) is 4.74 Å². The van der Waals surface area contributed by atoms with Crippen molar-refractivity contribution in [2.45, 2.75) is 20.4 Å². The summed E-state index contributed by atoms with van der Waals surface area (Å²) in [5, 5.41) is 2.88. The minimum atomic E-state index is -0.132. The van der Waals surface area contributed by atoms with E-state index in [1.54, 1.807) is 31.4 Å². The second-order valence-electron chi connectivity index (χ2n) is 8.16. The van der Waals surface area contributed by atoms with E-state index < -0.39 is 0 Å². The summed E-state index contributed by atoms with van der Waals surface area (Å²) in [6.45, 7) is 9.27. The third-order valence-corrected chi connectivity index (χ3v) is 5.93. The lowest BCUT2D eigenvalue weighted by molar-refractivity contribution is -0.134. The molecule has 0 radical (unpaired) electrons. The van der Waals surface area contributed by atoms with Gasteiger partial charge in [-0.3, -0.25) is 19.4 Å². The summed E-state index contributed by atoms with van der Waals surface area (Å²) in [5.41, 5.74) is 3.35. The zero-order valence-electron chi connectivity index (χ0n) is 19.3. The molecule has 0 aliphatic carbocycles. The van der Waals surface area contributed by atoms with Crippen LogP contribution in [0.3, 0.4) is 0 Å². The van der Waals surface area contributed by atoms with E-state index in [0.29, 0.717) is 12.2 Å². The van der Waals surface area contributed by atoms with Gasteiger partial charge >= 0.3 is 0 Å². The average molecular weight is 439 g/mol. The van der Waals surface area contributed by atoms with Crippen molar-refractivity contribution in [1.29, 1.82) is 0 Å². The SMILES string of the molecule is CCN(CC(=O)Nc1ccc(OC)cc1)CC(=O)N1CCN(Cc2ccccc2C)CC1. The number of likely N-dealkylation sites (N-methyl/N-ethyl adjacent to an activating group) is 1. The third-order valence-electron chi connectivity index (χ3n) is 5.93. The molecule has 0 unspecified atom stereocenters. The normalized spacial score (nSPS) is 14.4. The van der Waals surface area contributed by atoms with E-state index in [0.717, 1.165) is 38.5 Å². The van der Waals surface area contributed by atoms with Gasteiger partial charge in [-0.05, 0) is 48.9 Å². The monoisotopic (exact) mass is 438 g/mol. The Bertz CT molecular complexity index is 892. The van der Waals surface area contributed by atoms with Gasteiger partial charge in [0, 0.05) is 38.4 Å². The molecule has 1 N–H and O–H groups in total. The molecule has 1 aliphatic heterocycles. The Morgan fingerprint density at radius 1 is 1.00 bits per heavy atom. The number of nitrogens with one attached hydrogen (secondary N) is 1. The van der Waals surface area contributed by atoms with Crippen LogP contribution in [0.5, 0.6) is 5.75 Å². The van der Waals surface area contributed by atoms with Crippen LogP contribution in [0.4, 0.5) is 5.69 Å². The van der Waals surface area contributed by atoms with Crippen LogP contribution in [0.15, 0.2) is 48.5 Å². The summed E-state index contributed by atoms with van der Waals surface area (Å²) in [5.74, 6) is 0.690. The van der Waals surface area contributed by atoms with Gasteiger partial charge in [0.1, 0.15) is 5.75 Å². The number of hydrogen-bond acceptors (Lipinski definition) is 5. The van der Waals surface area contributed by atoms with E-state index >= 15 is 0 Å². The first kappa shape index (κ1) is 23.8. The predicted octanol–water partition coefficient (Wildman–Crippen LogP) is 2.61. The molecule has 0 atom stereocenters. The van der Waals surface area contributed by atoms with Gasteiger partial charge in [-0.2, -0.15) is 0 Å². The minimum Gasteiger partial charge on any atom is -0.497 e. The quantitative estimate of drug-likeness (QED) is 0.652. The topological polar surface area (TPSA) is 65.1 Å². The van der Waals surface area contributed by atoms with Gasteiger partial charge in [-0.15, -0.1) is 0 Å². The number of hydrogen-bond donors (Lipinski definition) is 1. The molecule has 0 spiro atoms. The summed E-state index contributed by atoms with van der Waals surface area (Å²) in [6.07, 6.45) is 0. The molecule has 2 aromatic carbocycles. The Hall–Kier alpha value is -2.90. The van der Waals surface area contributed by atoms with Crippen LogP contribution in [-0.2, 0) is 16.1 Å². The number of carbonyl (C=O) groups is 2. The Morgan fingerprint density at radius 3 is 2.31 bits per heavy atom. The van der Waals surface area contributed by atoms with Gasteiger partial charge in [0.05, 0.1) is 20.2 Å². The molecule has 0 bridgehead atoms. The van der Waals surface area contributed by atoms with Gasteiger partial charge in [-0.1, -0.05) is 31.2 Å². The number of amides is 2. The molecule has 0 aromatic heterocycles. The van der Waals surface area contributed by atoms with Crippen LogP contribution in [0.1, 0.15) is 18.1 Å². The van der Waals surface area contributed by atoms with E-state index in [-0.39, 0.29) is 24.9 Å². The van der Waals surface area contributed by atoms with Crippen molar-refractivity contribution < 1.29 is 14.3 Å². The van der Waals surface area contributed by atoms with E-state index in [1.807, 2.05) is 16.7 Å². The Labute approximate surface area is 190 Å². The van der Waals surface area contributed by atoms with E-state index in [9.17, 15) is 9.59 Å². The van der Waals surface area contributed by atoms with Crippen LogP contribution in [0, 0.1) is 6.92 Å². The summed E-state index contributed by atoms with van der Waals surface area (Å²) in [4.78, 5) is 31.4. The third kappa shape index (κ3) is 6.80. The first-order valence-electron chi connectivity index (χ1n) is 11.2. The second kappa shape index (κ2) is 11.6. The second-order valence-corrected chi connectivity index (χ2v) is 8.16. The predicted molar refractivity (Wildman–Crippen MR) is 127 cm³/mol. The molecule has 172 valence electrons. The average Bonchev–Trinajstić information content (AvgIpc) is 2.81. The molecule has 1 fully saturated rings. The molecular formula is C25H34N4O3. The minimum absolute atomic E-state index is 0.0830. The molecule has 3 rings (SSSR count). The van der Waals surface area contributed by atoms with Crippen LogP contribution in [0.25, 0.3) is 0 Å². The molecular weight excluding hydrogens is 404 g/mol. The Morgan fingerprint density at radius 2 is 1.69 bits per heavy atom. The van der Waals surface area contributed by atoms with Gasteiger partial charge < -0.3 is 15.0 Å². The molecule has 0 saturated carbocycles. The number of rotatable bonds is 9. The molecule has 7 heteroatoms. The lowest BCUT2D eigenvalue weighted by atomic mass is 10.1. The van der Waals surface area contributed by atoms with Gasteiger partial charge in [0.25, 0.3) is 0 Å². The Balaban J connectivity index is 1.43. The number of methoxy groups -OCH3 is 1. The maximum Gasteiger partial charge on any atom is 0.238 e. The van der Waals surface area contributed by atoms with E-state index in [2.05, 4.69) is 41.4 Å². The van der Waals surface area contributed by atoms with E-state index in [1.165, 1.54) is 11.1 Å². The Kier molecular flexibility index (Phi) is 8.64. The zero-order chi connectivity index (χ0) is 22.9. The summed E-state index contributed by atoms with van der Waals surface area (Å²) in [7, 11) is 1.60. The number of anilines is 1. The summed E-state index contributed by atoms with van der Waals surface area (Å²) < 4.78 is 5.13. The number of nitrogens with zero attached hydrogens (tertiary/aromatic N) is 3. The van der Waals surface area contributed by atoms with Crippen molar-refractivity contribution in [3.63, 3.8) is 0 Å². The lowest BCUT2D eigenvalue weighted by Gasteiger charge is -2.36. The van der Waals surface area contributed by atoms with Gasteiger partial charge in [-0.25, -0.2) is 0 Å². The summed E-state index contributed by atoms with van der Waals surface area (Å²) in [6, 6.07) is 15.6. The lowest BCUT2D eigenvalue weighted by Crippen LogP contribution is -2.51. The number of piperazine rings is 1. The first-order valence-corrected chi connectivity index (χ1v) is 11.2. The standard InChI is InChI=1S/C25H34N4O3/c1-4-27(18-24(30)26-22-9-11-23(32-3)12-10-22)19-25(31)29-15-13-28(14-16-29)17-21-8-6-5-7-20(21)2/h5-12H,4,13-19H2,1-3H3,(H,26,30). The fraction of sp³-hybridized carbons (Fsp3) is 0.440. The number of carbonyl (C=O) groups excluding carboxylic acids is 2. The van der Waals surface area contributed by atoms with Crippen molar-refractivity contribution in [3.8, 4) is 5.75 Å². The smallest absolute Gasteiger partial charge is 0.238 e. The number of benzene rings is 2. The largest absolute Gasteiger partial charge is 0.497 e. The maximum absolute atomic E-state index is 12.8. The number of aryl methyl sites for hydroxylation is 1. The van der Waals surface area contributed by atoms with Gasteiger partial charge in [0.2, 0.25) is 11.8 Å². The fourth-order valence-electron chi connectivity index (χ4n) is 3.83. The molecule has 1 aliphatic rings. The van der Waals surface area contributed by atoms with Crippen molar-refractivity contribution in [2.24, 2.45) is 0 Å². The molecule has 2 aromatic rings. The van der Waals surface area contributed by atoms with Gasteiger partial charge in [0.15, 0.2) is 0 Å². The highest BCUT2D eigenvalue weighted by atomic mass is 16.5. The molecule has 1 heterocycles. The highest BCUT2D eigenvalue weighted by molar-refractivity contribution is 5.92. The molecule has 2 amide bonds. The van der Waals surface area contributed by atoms with Crippen LogP contribution < -0.4 is 10.1 Å². The molecule has 7 nitrogen and oxygen atoms in total. The van der Waals surface area contributed by atoms with Crippen LogP contribution >= 0.6 is 0 Å². The highest BCUT2D eigenvalue weighted by Gasteiger charge is 2.23. The molecule has 32 heavy (non-hydrogen) atoms. The highest BCUT2D eigenvalue weighted by Crippen LogP contribution is 2.15. The van der Waals surface area contributed by atoms with Crippen molar-refractivity contribution >= 4 is 17.5 Å². The van der Waals surface area contributed by atoms with Crippen LogP contribution in [0.2, 0.25) is 0 Å². The zero-order valence-corrected chi connectivity index (χ0v) is 19.3. The van der Waals surface area contributed by atoms with Crippen molar-refractivity contribution in [2.75, 3.05) is 58.2 Å². The number of ether oxygens (including phenoxy) is 1. The first-order chi connectivity index (χ1) is 15.5.